The van der Waals surface area contributed by atoms with E-state index in [0.29, 0.717) is 12.3 Å². The van der Waals surface area contributed by atoms with Gasteiger partial charge in [-0.15, -0.1) is 12.4 Å². The molecule has 0 radical (unpaired) electrons. The number of hydrogen-bond acceptors (Lipinski definition) is 3. The van der Waals surface area contributed by atoms with Gasteiger partial charge in [0.25, 0.3) is 0 Å². The summed E-state index contributed by atoms with van der Waals surface area (Å²) >= 11 is 0. The zero-order chi connectivity index (χ0) is 18.0. The molecule has 0 spiro atoms. The van der Waals surface area contributed by atoms with Gasteiger partial charge in [0.2, 0.25) is 11.8 Å². The maximum atomic E-state index is 12.5. The molecular formula is C21H36ClN3O2. The molecule has 27 heavy (non-hydrogen) atoms. The van der Waals surface area contributed by atoms with Crippen LogP contribution in [0.5, 0.6) is 0 Å². The van der Waals surface area contributed by atoms with Crippen molar-refractivity contribution in [1.82, 2.24) is 16.0 Å². The first-order chi connectivity index (χ1) is 12.6. The molecule has 0 aromatic rings. The summed E-state index contributed by atoms with van der Waals surface area (Å²) in [6.07, 6.45) is 12.1. The third-order valence-corrected chi connectivity index (χ3v) is 7.42. The lowest BCUT2D eigenvalue weighted by Crippen LogP contribution is -2.48. The van der Waals surface area contributed by atoms with Crippen LogP contribution < -0.4 is 16.0 Å². The molecule has 1 heterocycles. The van der Waals surface area contributed by atoms with E-state index in [0.717, 1.165) is 43.8 Å². The number of carbonyl (C=O) groups is 2. The molecule has 5 rings (SSSR count). The van der Waals surface area contributed by atoms with Crippen molar-refractivity contribution in [2.75, 3.05) is 26.2 Å². The van der Waals surface area contributed by atoms with Crippen molar-refractivity contribution in [3.8, 4) is 0 Å². The topological polar surface area (TPSA) is 70.2 Å². The summed E-state index contributed by atoms with van der Waals surface area (Å²) in [4.78, 5) is 24.5. The SMILES string of the molecule is Cl.O=C(CNC(=O)CC12CC3CC(CC(C3)C1)C2)NCCC1CCCNC1. The van der Waals surface area contributed by atoms with Gasteiger partial charge in [0.15, 0.2) is 0 Å². The number of halogens is 1. The first-order valence-electron chi connectivity index (χ1n) is 10.8. The van der Waals surface area contributed by atoms with Crippen LogP contribution in [0.1, 0.15) is 64.2 Å². The van der Waals surface area contributed by atoms with Crippen LogP contribution in [0.2, 0.25) is 0 Å². The predicted molar refractivity (Wildman–Crippen MR) is 109 cm³/mol. The van der Waals surface area contributed by atoms with Crippen molar-refractivity contribution in [3.05, 3.63) is 0 Å². The summed E-state index contributed by atoms with van der Waals surface area (Å²) in [7, 11) is 0. The summed E-state index contributed by atoms with van der Waals surface area (Å²) in [5.74, 6) is 3.31. The van der Waals surface area contributed by atoms with E-state index in [2.05, 4.69) is 16.0 Å². The van der Waals surface area contributed by atoms with Gasteiger partial charge in [0.05, 0.1) is 6.54 Å². The zero-order valence-corrected chi connectivity index (χ0v) is 17.3. The number of carbonyl (C=O) groups excluding carboxylic acids is 2. The largest absolute Gasteiger partial charge is 0.355 e. The molecule has 3 N–H and O–H groups in total. The summed E-state index contributed by atoms with van der Waals surface area (Å²) in [6, 6.07) is 0. The lowest BCUT2D eigenvalue weighted by Gasteiger charge is -2.56. The highest BCUT2D eigenvalue weighted by molar-refractivity contribution is 5.85. The van der Waals surface area contributed by atoms with E-state index in [1.165, 1.54) is 51.4 Å². The van der Waals surface area contributed by atoms with Crippen LogP contribution in [0.3, 0.4) is 0 Å². The molecular weight excluding hydrogens is 362 g/mol. The van der Waals surface area contributed by atoms with Crippen LogP contribution >= 0.6 is 12.4 Å². The highest BCUT2D eigenvalue weighted by Crippen LogP contribution is 2.61. The first kappa shape index (κ1) is 20.9. The molecule has 2 amide bonds. The fourth-order valence-electron chi connectivity index (χ4n) is 6.74. The molecule has 0 aromatic carbocycles. The van der Waals surface area contributed by atoms with Crippen molar-refractivity contribution < 1.29 is 9.59 Å². The molecule has 4 saturated carbocycles. The Morgan fingerprint density at radius 3 is 2.22 bits per heavy atom. The molecule has 4 aliphatic carbocycles. The van der Waals surface area contributed by atoms with Crippen molar-refractivity contribution in [2.24, 2.45) is 29.1 Å². The molecule has 154 valence electrons. The highest BCUT2D eigenvalue weighted by Gasteiger charge is 2.51. The molecule has 1 saturated heterocycles. The molecule has 1 aliphatic heterocycles. The van der Waals surface area contributed by atoms with Crippen molar-refractivity contribution >= 4 is 24.2 Å². The van der Waals surface area contributed by atoms with E-state index in [4.69, 9.17) is 0 Å². The lowest BCUT2D eigenvalue weighted by molar-refractivity contribution is -0.131. The summed E-state index contributed by atoms with van der Waals surface area (Å²) in [5, 5.41) is 9.25. The van der Waals surface area contributed by atoms with E-state index in [9.17, 15) is 9.59 Å². The second kappa shape index (κ2) is 9.13. The summed E-state index contributed by atoms with van der Waals surface area (Å²) < 4.78 is 0. The maximum absolute atomic E-state index is 12.5. The fraction of sp³-hybridized carbons (Fsp3) is 0.905. The highest BCUT2D eigenvalue weighted by atomic mass is 35.5. The van der Waals surface area contributed by atoms with Crippen molar-refractivity contribution in [1.29, 1.82) is 0 Å². The smallest absolute Gasteiger partial charge is 0.239 e. The quantitative estimate of drug-likeness (QED) is 0.618. The molecule has 5 nitrogen and oxygen atoms in total. The van der Waals surface area contributed by atoms with E-state index in [1.807, 2.05) is 0 Å². The first-order valence-corrected chi connectivity index (χ1v) is 10.8. The van der Waals surface area contributed by atoms with Crippen LogP contribution in [0.15, 0.2) is 0 Å². The van der Waals surface area contributed by atoms with Gasteiger partial charge in [-0.2, -0.15) is 0 Å². The normalized spacial score (nSPS) is 36.7. The third-order valence-electron chi connectivity index (χ3n) is 7.42. The van der Waals surface area contributed by atoms with Gasteiger partial charge in [0.1, 0.15) is 0 Å². The summed E-state index contributed by atoms with van der Waals surface area (Å²) in [5.41, 5.74) is 0.253. The predicted octanol–water partition coefficient (Wildman–Crippen LogP) is 2.64. The average Bonchev–Trinajstić information content (AvgIpc) is 2.59. The summed E-state index contributed by atoms with van der Waals surface area (Å²) in [6.45, 7) is 3.04. The maximum Gasteiger partial charge on any atom is 0.239 e. The Bertz CT molecular complexity index is 498. The van der Waals surface area contributed by atoms with Crippen LogP contribution in [-0.4, -0.2) is 38.0 Å². The Morgan fingerprint density at radius 2 is 1.63 bits per heavy atom. The Balaban J connectivity index is 0.00000210. The van der Waals surface area contributed by atoms with Crippen LogP contribution in [-0.2, 0) is 9.59 Å². The molecule has 5 aliphatic rings. The van der Waals surface area contributed by atoms with Crippen molar-refractivity contribution in [3.63, 3.8) is 0 Å². The number of rotatable bonds is 7. The van der Waals surface area contributed by atoms with Crippen LogP contribution in [0, 0.1) is 29.1 Å². The van der Waals surface area contributed by atoms with Crippen molar-refractivity contribution in [2.45, 2.75) is 64.2 Å². The van der Waals surface area contributed by atoms with Gasteiger partial charge in [-0.1, -0.05) is 0 Å². The van der Waals surface area contributed by atoms with E-state index < -0.39 is 0 Å². The molecule has 1 atom stereocenters. The van der Waals surface area contributed by atoms with Gasteiger partial charge in [-0.3, -0.25) is 9.59 Å². The number of nitrogens with one attached hydrogen (secondary N) is 3. The lowest BCUT2D eigenvalue weighted by atomic mass is 9.49. The Morgan fingerprint density at radius 1 is 0.963 bits per heavy atom. The third kappa shape index (κ3) is 5.38. The van der Waals surface area contributed by atoms with Gasteiger partial charge in [-0.05, 0) is 100.0 Å². The number of amides is 2. The minimum absolute atomic E-state index is 0. The molecule has 5 fully saturated rings. The van der Waals surface area contributed by atoms with Crippen LogP contribution in [0.25, 0.3) is 0 Å². The van der Waals surface area contributed by atoms with Gasteiger partial charge >= 0.3 is 0 Å². The Hall–Kier alpha value is -0.810. The number of hydrogen-bond donors (Lipinski definition) is 3. The molecule has 0 aromatic heterocycles. The molecule has 4 bridgehead atoms. The number of piperidine rings is 1. The van der Waals surface area contributed by atoms with E-state index >= 15 is 0 Å². The Kier molecular flexibility index (Phi) is 7.07. The average molecular weight is 398 g/mol. The molecule has 1 unspecified atom stereocenters. The van der Waals surface area contributed by atoms with Crippen LogP contribution in [0.4, 0.5) is 0 Å². The van der Waals surface area contributed by atoms with E-state index in [-0.39, 0.29) is 36.2 Å². The second-order valence-corrected chi connectivity index (χ2v) is 9.72. The minimum Gasteiger partial charge on any atom is -0.355 e. The Labute approximate surface area is 169 Å². The van der Waals surface area contributed by atoms with Gasteiger partial charge in [0, 0.05) is 13.0 Å². The molecule has 6 heteroatoms. The van der Waals surface area contributed by atoms with E-state index in [1.54, 1.807) is 0 Å². The second-order valence-electron chi connectivity index (χ2n) is 9.72. The zero-order valence-electron chi connectivity index (χ0n) is 16.4. The van der Waals surface area contributed by atoms with Gasteiger partial charge in [-0.25, -0.2) is 0 Å². The standard InChI is InChI=1S/C21H35N3O2.ClH/c25-19(12-21-9-16-6-17(10-21)8-18(7-16)11-21)24-14-20(26)23-5-3-15-2-1-4-22-13-15;/h15-18,22H,1-14H2,(H,23,26)(H,24,25);1H. The monoisotopic (exact) mass is 397 g/mol. The fourth-order valence-corrected chi connectivity index (χ4v) is 6.74. The minimum atomic E-state index is -0.0485. The van der Waals surface area contributed by atoms with Gasteiger partial charge < -0.3 is 16.0 Å².